The zero-order valence-electron chi connectivity index (χ0n) is 20.0. The molecule has 8 nitrogen and oxygen atoms in total. The molecular formula is C29H25N3O5. The summed E-state index contributed by atoms with van der Waals surface area (Å²) in [5.41, 5.74) is 5.20. The molecule has 1 aliphatic rings. The van der Waals surface area contributed by atoms with Gasteiger partial charge in [0, 0.05) is 30.1 Å². The summed E-state index contributed by atoms with van der Waals surface area (Å²) in [4.78, 5) is 34.7. The van der Waals surface area contributed by atoms with Gasteiger partial charge in [-0.3, -0.25) is 4.90 Å². The number of nitrogens with zero attached hydrogens (tertiary/aromatic N) is 3. The molecule has 37 heavy (non-hydrogen) atoms. The zero-order valence-corrected chi connectivity index (χ0v) is 20.0. The molecule has 0 spiro atoms. The summed E-state index contributed by atoms with van der Waals surface area (Å²) < 4.78 is 11.4. The van der Waals surface area contributed by atoms with E-state index in [-0.39, 0.29) is 6.61 Å². The van der Waals surface area contributed by atoms with Gasteiger partial charge in [-0.05, 0) is 40.8 Å². The first kappa shape index (κ1) is 24.0. The Morgan fingerprint density at radius 3 is 2.46 bits per heavy atom. The van der Waals surface area contributed by atoms with Crippen LogP contribution in [0.5, 0.6) is 5.75 Å². The van der Waals surface area contributed by atoms with Crippen LogP contribution in [0.2, 0.25) is 0 Å². The Morgan fingerprint density at radius 1 is 0.919 bits per heavy atom. The molecule has 0 saturated heterocycles. The summed E-state index contributed by atoms with van der Waals surface area (Å²) in [5, 5.41) is 9.26. The van der Waals surface area contributed by atoms with Crippen molar-refractivity contribution in [1.29, 1.82) is 0 Å². The van der Waals surface area contributed by atoms with Crippen molar-refractivity contribution < 1.29 is 24.2 Å². The normalized spacial score (nSPS) is 14.5. The number of carbonyl (C=O) groups excluding carboxylic acids is 1. The number of carbonyl (C=O) groups is 2. The summed E-state index contributed by atoms with van der Waals surface area (Å²) in [7, 11) is 0. The summed E-state index contributed by atoms with van der Waals surface area (Å²) in [6.45, 7) is 0.0776. The van der Waals surface area contributed by atoms with Gasteiger partial charge in [-0.15, -0.1) is 0 Å². The van der Waals surface area contributed by atoms with Crippen LogP contribution >= 0.6 is 0 Å². The molecule has 0 bridgehead atoms. The third-order valence-electron chi connectivity index (χ3n) is 6.27. The van der Waals surface area contributed by atoms with Gasteiger partial charge in [0.2, 0.25) is 0 Å². The second-order valence-corrected chi connectivity index (χ2v) is 8.65. The van der Waals surface area contributed by atoms with Crippen LogP contribution in [0.3, 0.4) is 0 Å². The minimum atomic E-state index is -1.09. The second-order valence-electron chi connectivity index (χ2n) is 8.65. The Balaban J connectivity index is 1.57. The van der Waals surface area contributed by atoms with Crippen molar-refractivity contribution in [3.05, 3.63) is 114 Å². The summed E-state index contributed by atoms with van der Waals surface area (Å²) in [6.07, 6.45) is 5.07. The predicted molar refractivity (Wildman–Crippen MR) is 136 cm³/mol. The maximum atomic E-state index is 13.4. The van der Waals surface area contributed by atoms with Crippen LogP contribution in [0.15, 0.2) is 91.5 Å². The SMILES string of the molecule is O=C(O)COc1ccc(-c2cncnc2)cc1C1c2ccccc2CCN1C(=O)OCc1ccccc1. The summed E-state index contributed by atoms with van der Waals surface area (Å²) in [5.74, 6) is -0.708. The van der Waals surface area contributed by atoms with Gasteiger partial charge < -0.3 is 14.6 Å². The van der Waals surface area contributed by atoms with E-state index < -0.39 is 24.7 Å². The highest BCUT2D eigenvalue weighted by atomic mass is 16.6. The van der Waals surface area contributed by atoms with Gasteiger partial charge in [0.1, 0.15) is 18.7 Å². The highest BCUT2D eigenvalue weighted by Crippen LogP contribution is 2.41. The topological polar surface area (TPSA) is 102 Å². The van der Waals surface area contributed by atoms with E-state index in [9.17, 15) is 14.7 Å². The average molecular weight is 496 g/mol. The van der Waals surface area contributed by atoms with E-state index >= 15 is 0 Å². The van der Waals surface area contributed by atoms with Crippen LogP contribution in [0, 0.1) is 0 Å². The lowest BCUT2D eigenvalue weighted by Crippen LogP contribution is -2.41. The molecule has 1 amide bonds. The fourth-order valence-corrected chi connectivity index (χ4v) is 4.56. The lowest BCUT2D eigenvalue weighted by Gasteiger charge is -2.37. The number of benzene rings is 3. The van der Waals surface area contributed by atoms with Crippen LogP contribution in [0.25, 0.3) is 11.1 Å². The number of ether oxygens (including phenoxy) is 2. The second kappa shape index (κ2) is 10.9. The quantitative estimate of drug-likeness (QED) is 0.389. The first-order valence-corrected chi connectivity index (χ1v) is 11.9. The molecular weight excluding hydrogens is 470 g/mol. The molecule has 0 fully saturated rings. The Bertz CT molecular complexity index is 1400. The van der Waals surface area contributed by atoms with Gasteiger partial charge in [-0.25, -0.2) is 19.6 Å². The number of rotatable bonds is 7. The maximum absolute atomic E-state index is 13.4. The summed E-state index contributed by atoms with van der Waals surface area (Å²) in [6, 6.07) is 22.3. The lowest BCUT2D eigenvalue weighted by atomic mass is 9.87. The highest BCUT2D eigenvalue weighted by molar-refractivity contribution is 5.72. The van der Waals surface area contributed by atoms with E-state index in [1.165, 1.54) is 6.33 Å². The first-order chi connectivity index (χ1) is 18.1. The molecule has 5 rings (SSSR count). The molecule has 1 aromatic heterocycles. The van der Waals surface area contributed by atoms with Crippen LogP contribution < -0.4 is 4.74 Å². The lowest BCUT2D eigenvalue weighted by molar-refractivity contribution is -0.139. The molecule has 186 valence electrons. The Morgan fingerprint density at radius 2 is 1.68 bits per heavy atom. The number of fused-ring (bicyclic) bond motifs is 1. The molecule has 8 heteroatoms. The molecule has 1 atom stereocenters. The minimum absolute atomic E-state index is 0.147. The number of aromatic nitrogens is 2. The molecule has 0 radical (unpaired) electrons. The van der Waals surface area contributed by atoms with Gasteiger partial charge in [-0.1, -0.05) is 60.7 Å². The van der Waals surface area contributed by atoms with Crippen molar-refractivity contribution >= 4 is 12.1 Å². The zero-order chi connectivity index (χ0) is 25.6. The van der Waals surface area contributed by atoms with Crippen molar-refractivity contribution in [3.8, 4) is 16.9 Å². The van der Waals surface area contributed by atoms with E-state index in [0.717, 1.165) is 27.8 Å². The molecule has 1 unspecified atom stereocenters. The van der Waals surface area contributed by atoms with Crippen LogP contribution in [0.1, 0.15) is 28.3 Å². The number of hydrogen-bond donors (Lipinski definition) is 1. The number of hydrogen-bond acceptors (Lipinski definition) is 6. The van der Waals surface area contributed by atoms with E-state index in [1.807, 2.05) is 66.7 Å². The minimum Gasteiger partial charge on any atom is -0.482 e. The van der Waals surface area contributed by atoms with Gasteiger partial charge in [-0.2, -0.15) is 0 Å². The molecule has 1 aliphatic heterocycles. The highest BCUT2D eigenvalue weighted by Gasteiger charge is 2.35. The first-order valence-electron chi connectivity index (χ1n) is 11.9. The Kier molecular flexibility index (Phi) is 7.07. The van der Waals surface area contributed by atoms with Gasteiger partial charge in [0.25, 0.3) is 0 Å². The number of amides is 1. The van der Waals surface area contributed by atoms with Crippen molar-refractivity contribution in [2.45, 2.75) is 19.1 Å². The van der Waals surface area contributed by atoms with Crippen LogP contribution in [0.4, 0.5) is 4.79 Å². The average Bonchev–Trinajstić information content (AvgIpc) is 2.95. The largest absolute Gasteiger partial charge is 0.482 e. The fourth-order valence-electron chi connectivity index (χ4n) is 4.56. The van der Waals surface area contributed by atoms with Gasteiger partial charge in [0.05, 0.1) is 6.04 Å². The summed E-state index contributed by atoms with van der Waals surface area (Å²) >= 11 is 0. The van der Waals surface area contributed by atoms with Gasteiger partial charge in [0.15, 0.2) is 6.61 Å². The van der Waals surface area contributed by atoms with Crippen LogP contribution in [-0.2, 0) is 22.6 Å². The molecule has 1 N–H and O–H groups in total. The number of aliphatic carboxylic acids is 1. The molecule has 4 aromatic rings. The standard InChI is InChI=1S/C29H25N3O5/c33-27(34)18-36-26-11-10-22(23-15-30-19-31-16-23)14-25(26)28-24-9-5-4-8-21(24)12-13-32(28)29(35)37-17-20-6-2-1-3-7-20/h1-11,14-16,19,28H,12-13,17-18H2,(H,33,34). The molecule has 2 heterocycles. The molecule has 0 saturated carbocycles. The Hall–Kier alpha value is -4.72. The van der Waals surface area contributed by atoms with Crippen molar-refractivity contribution in [3.63, 3.8) is 0 Å². The van der Waals surface area contributed by atoms with Crippen molar-refractivity contribution in [2.75, 3.05) is 13.2 Å². The maximum Gasteiger partial charge on any atom is 0.410 e. The van der Waals surface area contributed by atoms with Crippen molar-refractivity contribution in [2.24, 2.45) is 0 Å². The number of carboxylic acids is 1. The Labute approximate surface area is 214 Å². The number of carboxylic acid groups (broad SMARTS) is 1. The van der Waals surface area contributed by atoms with Gasteiger partial charge >= 0.3 is 12.1 Å². The third kappa shape index (κ3) is 5.43. The van der Waals surface area contributed by atoms with E-state index in [0.29, 0.717) is 24.3 Å². The smallest absolute Gasteiger partial charge is 0.410 e. The predicted octanol–water partition coefficient (Wildman–Crippen LogP) is 4.89. The van der Waals surface area contributed by atoms with Crippen LogP contribution in [-0.4, -0.2) is 45.2 Å². The molecule has 0 aliphatic carbocycles. The molecule has 3 aromatic carbocycles. The van der Waals surface area contributed by atoms with E-state index in [2.05, 4.69) is 9.97 Å². The van der Waals surface area contributed by atoms with E-state index in [1.54, 1.807) is 23.4 Å². The third-order valence-corrected chi connectivity index (χ3v) is 6.27. The monoisotopic (exact) mass is 495 g/mol. The van der Waals surface area contributed by atoms with E-state index in [4.69, 9.17) is 9.47 Å². The fraction of sp³-hybridized carbons (Fsp3) is 0.172. The van der Waals surface area contributed by atoms with Crippen molar-refractivity contribution in [1.82, 2.24) is 14.9 Å².